The molecular formula is C33H39NS. The first kappa shape index (κ1) is 24.3. The first-order valence-corrected chi connectivity index (χ1v) is 14.5. The summed E-state index contributed by atoms with van der Waals surface area (Å²) in [5.41, 5.74) is 7.83. The molecular weight excluding hydrogens is 442 g/mol. The number of benzene rings is 2. The average molecular weight is 482 g/mol. The summed E-state index contributed by atoms with van der Waals surface area (Å²) in [5.74, 6) is 0.600. The van der Waals surface area contributed by atoms with Crippen LogP contribution in [0.4, 0.5) is 0 Å². The fourth-order valence-corrected chi connectivity index (χ4v) is 8.45. The van der Waals surface area contributed by atoms with E-state index in [0.29, 0.717) is 5.92 Å². The van der Waals surface area contributed by atoms with E-state index >= 15 is 0 Å². The summed E-state index contributed by atoms with van der Waals surface area (Å²) in [6.45, 7) is 9.49. The van der Waals surface area contributed by atoms with E-state index < -0.39 is 0 Å². The summed E-state index contributed by atoms with van der Waals surface area (Å²) in [4.78, 5) is 2.66. The van der Waals surface area contributed by atoms with Gasteiger partial charge in [-0.2, -0.15) is 5.26 Å². The Bertz CT molecular complexity index is 1220. The highest BCUT2D eigenvalue weighted by Crippen LogP contribution is 2.70. The van der Waals surface area contributed by atoms with Crippen molar-refractivity contribution < 1.29 is 0 Å². The second-order valence-electron chi connectivity index (χ2n) is 11.6. The number of hydrogen-bond donors (Lipinski definition) is 0. The maximum atomic E-state index is 10.2. The Balaban J connectivity index is 1.30. The van der Waals surface area contributed by atoms with Crippen molar-refractivity contribution in [3.05, 3.63) is 70.1 Å². The maximum Gasteiger partial charge on any atom is 0.101 e. The lowest BCUT2D eigenvalue weighted by Crippen LogP contribution is -2.31. The van der Waals surface area contributed by atoms with Gasteiger partial charge in [0.15, 0.2) is 0 Å². The van der Waals surface area contributed by atoms with Crippen LogP contribution in [-0.2, 0) is 11.8 Å². The zero-order valence-electron chi connectivity index (χ0n) is 21.9. The van der Waals surface area contributed by atoms with E-state index in [9.17, 15) is 5.26 Å². The van der Waals surface area contributed by atoms with Crippen molar-refractivity contribution >= 4 is 11.3 Å². The Hall–Kier alpha value is -2.37. The molecule has 2 bridgehead atoms. The summed E-state index contributed by atoms with van der Waals surface area (Å²) < 4.78 is 0. The Labute approximate surface area is 216 Å². The number of aryl methyl sites for hydroxylation is 1. The van der Waals surface area contributed by atoms with Crippen LogP contribution in [0.2, 0.25) is 0 Å². The molecule has 2 aliphatic rings. The molecule has 0 spiro atoms. The minimum Gasteiger partial charge on any atom is -0.192 e. The minimum atomic E-state index is 0.129. The molecule has 1 saturated carbocycles. The third-order valence-corrected chi connectivity index (χ3v) is 10.7. The molecule has 2 aliphatic carbocycles. The van der Waals surface area contributed by atoms with Crippen LogP contribution in [0, 0.1) is 16.7 Å². The van der Waals surface area contributed by atoms with Crippen molar-refractivity contribution in [2.45, 2.75) is 96.8 Å². The van der Waals surface area contributed by atoms with E-state index in [0.717, 1.165) is 5.56 Å². The van der Waals surface area contributed by atoms with Gasteiger partial charge in [-0.15, -0.1) is 11.3 Å². The summed E-state index contributed by atoms with van der Waals surface area (Å²) in [6, 6.07) is 20.6. The Kier molecular flexibility index (Phi) is 6.67. The fourth-order valence-electron chi connectivity index (χ4n) is 6.75. The van der Waals surface area contributed by atoms with Gasteiger partial charge in [0, 0.05) is 10.3 Å². The quantitative estimate of drug-likeness (QED) is 0.279. The molecule has 2 aromatic carbocycles. The molecule has 1 nitrogen and oxygen atoms in total. The lowest BCUT2D eigenvalue weighted by molar-refractivity contribution is 0.231. The Morgan fingerprint density at radius 1 is 0.857 bits per heavy atom. The van der Waals surface area contributed by atoms with Crippen LogP contribution in [0.5, 0.6) is 0 Å². The highest BCUT2D eigenvalue weighted by atomic mass is 32.1. The number of fused-ring (bicyclic) bond motifs is 5. The lowest BCUT2D eigenvalue weighted by Gasteiger charge is -2.35. The third-order valence-electron chi connectivity index (χ3n) is 9.40. The van der Waals surface area contributed by atoms with Crippen LogP contribution < -0.4 is 0 Å². The van der Waals surface area contributed by atoms with Crippen molar-refractivity contribution in [2.24, 2.45) is 5.41 Å². The number of nitrogens with zero attached hydrogens (tertiary/aromatic N) is 1. The molecule has 0 unspecified atom stereocenters. The second-order valence-corrected chi connectivity index (χ2v) is 12.6. The Morgan fingerprint density at radius 2 is 1.46 bits per heavy atom. The van der Waals surface area contributed by atoms with Gasteiger partial charge in [-0.3, -0.25) is 0 Å². The van der Waals surface area contributed by atoms with Crippen molar-refractivity contribution in [1.29, 1.82) is 5.26 Å². The van der Waals surface area contributed by atoms with Gasteiger partial charge in [-0.05, 0) is 64.8 Å². The summed E-state index contributed by atoms with van der Waals surface area (Å²) in [5, 5.41) is 10.2. The molecule has 0 radical (unpaired) electrons. The normalized spacial score (nSPS) is 21.7. The van der Waals surface area contributed by atoms with Gasteiger partial charge in [0.05, 0.1) is 10.4 Å². The van der Waals surface area contributed by atoms with Gasteiger partial charge in [-0.1, -0.05) is 108 Å². The predicted octanol–water partition coefficient (Wildman–Crippen LogP) is 10.0. The molecule has 2 heteroatoms. The van der Waals surface area contributed by atoms with Crippen LogP contribution in [0.1, 0.15) is 107 Å². The maximum absolute atomic E-state index is 10.2. The second kappa shape index (κ2) is 9.59. The molecule has 2 atom stereocenters. The highest BCUT2D eigenvalue weighted by molar-refractivity contribution is 7.16. The van der Waals surface area contributed by atoms with Gasteiger partial charge in [0.25, 0.3) is 0 Å². The molecule has 0 saturated heterocycles. The molecule has 0 amide bonds. The topological polar surface area (TPSA) is 23.8 Å². The molecule has 0 N–H and O–H groups in total. The van der Waals surface area contributed by atoms with E-state index in [1.807, 2.05) is 11.3 Å². The first-order valence-electron chi connectivity index (χ1n) is 13.7. The Morgan fingerprint density at radius 3 is 2.11 bits per heavy atom. The van der Waals surface area contributed by atoms with E-state index in [-0.39, 0.29) is 10.8 Å². The molecule has 5 rings (SSSR count). The standard InChI is InChI=1S/C33H39NS/c1-5-6-7-8-9-10-11-23-12-14-24(15-13-23)25-16-18-26(19-17-25)30-27(22-34)29-31(35-30)28-20-21-33(29,4)32(28,2)3/h12-19,28H,5-11,20-21H2,1-4H3/t28-,33+/m1/s1. The number of nitriles is 1. The molecule has 182 valence electrons. The molecule has 1 aromatic heterocycles. The minimum absolute atomic E-state index is 0.129. The number of rotatable bonds is 9. The molecule has 0 aliphatic heterocycles. The van der Waals surface area contributed by atoms with Gasteiger partial charge < -0.3 is 0 Å². The number of unbranched alkanes of at least 4 members (excludes halogenated alkanes) is 5. The first-order chi connectivity index (χ1) is 16.9. The smallest absolute Gasteiger partial charge is 0.101 e. The van der Waals surface area contributed by atoms with E-state index in [4.69, 9.17) is 0 Å². The average Bonchev–Trinajstić information content (AvgIpc) is 3.42. The van der Waals surface area contributed by atoms with Crippen LogP contribution >= 0.6 is 11.3 Å². The monoisotopic (exact) mass is 481 g/mol. The van der Waals surface area contributed by atoms with E-state index in [1.165, 1.54) is 95.4 Å². The van der Waals surface area contributed by atoms with Gasteiger partial charge in [-0.25, -0.2) is 0 Å². The summed E-state index contributed by atoms with van der Waals surface area (Å²) in [6.07, 6.45) is 11.7. The lowest BCUT2D eigenvalue weighted by atomic mass is 9.68. The van der Waals surface area contributed by atoms with Crippen LogP contribution in [0.25, 0.3) is 21.6 Å². The van der Waals surface area contributed by atoms with E-state index in [1.54, 1.807) is 0 Å². The van der Waals surface area contributed by atoms with Crippen molar-refractivity contribution in [3.63, 3.8) is 0 Å². The zero-order chi connectivity index (χ0) is 24.6. The summed E-state index contributed by atoms with van der Waals surface area (Å²) in [7, 11) is 0. The molecule has 1 fully saturated rings. The zero-order valence-corrected chi connectivity index (χ0v) is 22.7. The SMILES string of the molecule is CCCCCCCCc1ccc(-c2ccc(-c3sc4c(c3C#N)[C@]3(C)CC[C@H]4C3(C)C)cc2)cc1. The van der Waals surface area contributed by atoms with E-state index in [2.05, 4.69) is 82.3 Å². The predicted molar refractivity (Wildman–Crippen MR) is 150 cm³/mol. The van der Waals surface area contributed by atoms with Gasteiger partial charge in [0.1, 0.15) is 6.07 Å². The third kappa shape index (κ3) is 4.07. The summed E-state index contributed by atoms with van der Waals surface area (Å²) >= 11 is 1.88. The van der Waals surface area contributed by atoms with Crippen LogP contribution in [0.15, 0.2) is 48.5 Å². The van der Waals surface area contributed by atoms with Crippen molar-refractivity contribution in [3.8, 4) is 27.6 Å². The molecule has 35 heavy (non-hydrogen) atoms. The molecule has 1 heterocycles. The van der Waals surface area contributed by atoms with Gasteiger partial charge >= 0.3 is 0 Å². The molecule has 3 aromatic rings. The number of thiophene rings is 1. The van der Waals surface area contributed by atoms with Gasteiger partial charge in [0.2, 0.25) is 0 Å². The fraction of sp³-hybridized carbons (Fsp3) is 0.485. The highest BCUT2D eigenvalue weighted by Gasteiger charge is 2.61. The van der Waals surface area contributed by atoms with Crippen molar-refractivity contribution in [1.82, 2.24) is 0 Å². The largest absolute Gasteiger partial charge is 0.192 e. The van der Waals surface area contributed by atoms with Crippen molar-refractivity contribution in [2.75, 3.05) is 0 Å². The van der Waals surface area contributed by atoms with Crippen LogP contribution in [-0.4, -0.2) is 0 Å². The number of hydrogen-bond acceptors (Lipinski definition) is 2. The van der Waals surface area contributed by atoms with Crippen LogP contribution in [0.3, 0.4) is 0 Å².